The Morgan fingerprint density at radius 2 is 2.05 bits per heavy atom. The number of amides is 1. The Hall–Kier alpha value is -0.680. The molecule has 0 aromatic rings. The molecule has 4 nitrogen and oxygen atoms in total. The fourth-order valence-electron chi connectivity index (χ4n) is 3.32. The SMILES string of the molecule is CCC1CCC(NC(=O)C2(C)CCCO2)(C(N)=S)CC1. The molecule has 1 saturated carbocycles. The summed E-state index contributed by atoms with van der Waals surface area (Å²) in [7, 11) is 0. The Balaban J connectivity index is 2.06. The van der Waals surface area contributed by atoms with Crippen LogP contribution in [-0.4, -0.2) is 28.6 Å². The number of nitrogens with two attached hydrogens (primary N) is 1. The van der Waals surface area contributed by atoms with Crippen molar-refractivity contribution in [1.82, 2.24) is 5.32 Å². The number of nitrogens with one attached hydrogen (secondary N) is 1. The summed E-state index contributed by atoms with van der Waals surface area (Å²) in [5, 5.41) is 3.13. The Morgan fingerprint density at radius 1 is 1.40 bits per heavy atom. The highest BCUT2D eigenvalue weighted by Gasteiger charge is 2.45. The number of carbonyl (C=O) groups is 1. The molecule has 2 rings (SSSR count). The maximum atomic E-state index is 12.5. The summed E-state index contributed by atoms with van der Waals surface area (Å²) < 4.78 is 5.61. The average molecular weight is 298 g/mol. The van der Waals surface area contributed by atoms with Crippen molar-refractivity contribution in [3.8, 4) is 0 Å². The summed E-state index contributed by atoms with van der Waals surface area (Å²) in [6, 6.07) is 0. The lowest BCUT2D eigenvalue weighted by molar-refractivity contribution is -0.141. The Bertz CT molecular complexity index is 383. The molecule has 1 unspecified atom stereocenters. The maximum absolute atomic E-state index is 12.5. The van der Waals surface area contributed by atoms with E-state index in [1.165, 1.54) is 6.42 Å². The lowest BCUT2D eigenvalue weighted by Crippen LogP contribution is -2.62. The molecule has 0 radical (unpaired) electrons. The first kappa shape index (κ1) is 15.7. The van der Waals surface area contributed by atoms with Crippen molar-refractivity contribution in [3.63, 3.8) is 0 Å². The second kappa shape index (κ2) is 5.98. The predicted octanol–water partition coefficient (Wildman–Crippen LogP) is 2.30. The molecule has 1 aliphatic carbocycles. The summed E-state index contributed by atoms with van der Waals surface area (Å²) in [6.07, 6.45) is 6.73. The van der Waals surface area contributed by atoms with E-state index in [0.717, 1.165) is 44.4 Å². The van der Waals surface area contributed by atoms with Gasteiger partial charge in [0.2, 0.25) is 0 Å². The van der Waals surface area contributed by atoms with Crippen LogP contribution in [0.3, 0.4) is 0 Å². The molecule has 0 bridgehead atoms. The van der Waals surface area contributed by atoms with Crippen molar-refractivity contribution >= 4 is 23.1 Å². The molecule has 114 valence electrons. The molecular formula is C15H26N2O2S. The third kappa shape index (κ3) is 2.98. The Morgan fingerprint density at radius 3 is 2.50 bits per heavy atom. The van der Waals surface area contributed by atoms with E-state index in [4.69, 9.17) is 22.7 Å². The van der Waals surface area contributed by atoms with Gasteiger partial charge in [-0.25, -0.2) is 0 Å². The van der Waals surface area contributed by atoms with E-state index in [2.05, 4.69) is 12.2 Å². The molecule has 5 heteroatoms. The van der Waals surface area contributed by atoms with Gasteiger partial charge in [0.15, 0.2) is 0 Å². The number of hydrogen-bond donors (Lipinski definition) is 2. The zero-order chi connectivity index (χ0) is 14.8. The number of rotatable bonds is 4. The van der Waals surface area contributed by atoms with Crippen LogP contribution >= 0.6 is 12.2 Å². The summed E-state index contributed by atoms with van der Waals surface area (Å²) in [4.78, 5) is 13.0. The van der Waals surface area contributed by atoms with Crippen molar-refractivity contribution in [2.75, 3.05) is 6.61 Å². The van der Waals surface area contributed by atoms with E-state index >= 15 is 0 Å². The molecule has 2 aliphatic rings. The van der Waals surface area contributed by atoms with E-state index in [1.807, 2.05) is 6.92 Å². The summed E-state index contributed by atoms with van der Waals surface area (Å²) in [5.74, 6) is 0.672. The van der Waals surface area contributed by atoms with Gasteiger partial charge in [-0.05, 0) is 51.4 Å². The molecule has 0 aromatic heterocycles. The monoisotopic (exact) mass is 298 g/mol. The lowest BCUT2D eigenvalue weighted by Gasteiger charge is -2.41. The van der Waals surface area contributed by atoms with E-state index in [-0.39, 0.29) is 5.91 Å². The molecule has 1 aliphatic heterocycles. The minimum Gasteiger partial charge on any atom is -0.391 e. The highest BCUT2D eigenvalue weighted by atomic mass is 32.1. The maximum Gasteiger partial charge on any atom is 0.252 e. The molecule has 1 saturated heterocycles. The summed E-state index contributed by atoms with van der Waals surface area (Å²) in [5.41, 5.74) is 4.74. The highest BCUT2D eigenvalue weighted by molar-refractivity contribution is 7.80. The van der Waals surface area contributed by atoms with Gasteiger partial charge in [0.1, 0.15) is 5.60 Å². The van der Waals surface area contributed by atoms with Crippen LogP contribution in [0.1, 0.15) is 58.8 Å². The minimum atomic E-state index is -0.709. The van der Waals surface area contributed by atoms with E-state index in [1.54, 1.807) is 0 Å². The smallest absolute Gasteiger partial charge is 0.252 e. The van der Waals surface area contributed by atoms with Crippen LogP contribution in [-0.2, 0) is 9.53 Å². The summed E-state index contributed by atoms with van der Waals surface area (Å²) in [6.45, 7) is 4.73. The number of hydrogen-bond acceptors (Lipinski definition) is 3. The van der Waals surface area contributed by atoms with Crippen molar-refractivity contribution in [2.24, 2.45) is 11.7 Å². The van der Waals surface area contributed by atoms with Gasteiger partial charge >= 0.3 is 0 Å². The minimum absolute atomic E-state index is 0.0576. The largest absolute Gasteiger partial charge is 0.391 e. The molecule has 0 spiro atoms. The average Bonchev–Trinajstić information content (AvgIpc) is 2.87. The fourth-order valence-corrected chi connectivity index (χ4v) is 3.57. The van der Waals surface area contributed by atoms with Gasteiger partial charge in [-0.15, -0.1) is 0 Å². The zero-order valence-corrected chi connectivity index (χ0v) is 13.4. The van der Waals surface area contributed by atoms with E-state index < -0.39 is 11.1 Å². The van der Waals surface area contributed by atoms with Gasteiger partial charge in [0.05, 0.1) is 10.5 Å². The lowest BCUT2D eigenvalue weighted by atomic mass is 9.75. The van der Waals surface area contributed by atoms with Crippen molar-refractivity contribution in [2.45, 2.75) is 69.9 Å². The van der Waals surface area contributed by atoms with Crippen LogP contribution in [0.4, 0.5) is 0 Å². The van der Waals surface area contributed by atoms with Gasteiger partial charge in [0, 0.05) is 6.61 Å². The second-order valence-electron chi connectivity index (χ2n) is 6.43. The third-order valence-corrected chi connectivity index (χ3v) is 5.45. The molecular weight excluding hydrogens is 272 g/mol. The first-order valence-corrected chi connectivity index (χ1v) is 8.09. The van der Waals surface area contributed by atoms with Crippen molar-refractivity contribution in [1.29, 1.82) is 0 Å². The topological polar surface area (TPSA) is 64.3 Å². The first-order valence-electron chi connectivity index (χ1n) is 7.68. The quantitative estimate of drug-likeness (QED) is 0.782. The normalized spacial score (nSPS) is 37.6. The molecule has 1 amide bonds. The van der Waals surface area contributed by atoms with Gasteiger partial charge in [-0.3, -0.25) is 4.79 Å². The second-order valence-corrected chi connectivity index (χ2v) is 6.87. The number of carbonyl (C=O) groups excluding carboxylic acids is 1. The van der Waals surface area contributed by atoms with Crippen molar-refractivity contribution < 1.29 is 9.53 Å². The number of thiocarbonyl (C=S) groups is 1. The molecule has 1 atom stereocenters. The molecule has 20 heavy (non-hydrogen) atoms. The van der Waals surface area contributed by atoms with Crippen LogP contribution in [0.5, 0.6) is 0 Å². The molecule has 0 aromatic carbocycles. The summed E-state index contributed by atoms with van der Waals surface area (Å²) >= 11 is 5.25. The first-order chi connectivity index (χ1) is 9.42. The number of ether oxygens (including phenoxy) is 1. The van der Waals surface area contributed by atoms with Gasteiger partial charge in [-0.2, -0.15) is 0 Å². The molecule has 2 fully saturated rings. The van der Waals surface area contributed by atoms with E-state index in [0.29, 0.717) is 11.6 Å². The third-order valence-electron chi connectivity index (χ3n) is 5.06. The van der Waals surface area contributed by atoms with E-state index in [9.17, 15) is 4.79 Å². The van der Waals surface area contributed by atoms with Gasteiger partial charge in [-0.1, -0.05) is 25.6 Å². The predicted molar refractivity (Wildman–Crippen MR) is 83.5 cm³/mol. The van der Waals surface area contributed by atoms with Gasteiger partial charge < -0.3 is 15.8 Å². The van der Waals surface area contributed by atoms with Crippen LogP contribution in [0.2, 0.25) is 0 Å². The standard InChI is InChI=1S/C15H26N2O2S/c1-3-11-5-8-15(9-6-11,12(16)20)17-13(18)14(2)7-4-10-19-14/h11H,3-10H2,1-2H3,(H2,16,20)(H,17,18). The zero-order valence-electron chi connectivity index (χ0n) is 12.5. The highest BCUT2D eigenvalue weighted by Crippen LogP contribution is 2.35. The van der Waals surface area contributed by atoms with Crippen molar-refractivity contribution in [3.05, 3.63) is 0 Å². The molecule has 3 N–H and O–H groups in total. The molecule has 1 heterocycles. The van der Waals surface area contributed by atoms with Crippen LogP contribution < -0.4 is 11.1 Å². The van der Waals surface area contributed by atoms with Crippen LogP contribution in [0.25, 0.3) is 0 Å². The Labute approximate surface area is 126 Å². The van der Waals surface area contributed by atoms with Crippen LogP contribution in [0, 0.1) is 5.92 Å². The van der Waals surface area contributed by atoms with Crippen LogP contribution in [0.15, 0.2) is 0 Å². The fraction of sp³-hybridized carbons (Fsp3) is 0.867. The Kier molecular flexibility index (Phi) is 4.69. The van der Waals surface area contributed by atoms with Gasteiger partial charge in [0.25, 0.3) is 5.91 Å².